The Morgan fingerprint density at radius 3 is 2.86 bits per heavy atom. The van der Waals surface area contributed by atoms with Crippen LogP contribution in [0.1, 0.15) is 16.3 Å². The van der Waals surface area contributed by atoms with Crippen molar-refractivity contribution in [3.63, 3.8) is 0 Å². The van der Waals surface area contributed by atoms with Gasteiger partial charge < -0.3 is 14.9 Å². The largest absolute Gasteiger partial charge is 0.326 e. The number of aryl methyl sites for hydroxylation is 3. The second kappa shape index (κ2) is 7.05. The summed E-state index contributed by atoms with van der Waals surface area (Å²) in [6, 6.07) is 7.28. The van der Waals surface area contributed by atoms with Gasteiger partial charge in [-0.25, -0.2) is 9.97 Å². The van der Waals surface area contributed by atoms with E-state index in [2.05, 4.69) is 20.3 Å². The molecular weight excluding hydrogens is 374 g/mol. The fourth-order valence-electron chi connectivity index (χ4n) is 3.06. The lowest BCUT2D eigenvalue weighted by molar-refractivity contribution is -0.116. The first kappa shape index (κ1) is 18.1. The van der Waals surface area contributed by atoms with Crippen molar-refractivity contribution in [1.29, 1.82) is 0 Å². The lowest BCUT2D eigenvalue weighted by Crippen LogP contribution is -2.19. The van der Waals surface area contributed by atoms with Gasteiger partial charge in [0.2, 0.25) is 5.91 Å². The first-order valence-corrected chi connectivity index (χ1v) is 9.62. The van der Waals surface area contributed by atoms with E-state index in [4.69, 9.17) is 0 Å². The monoisotopic (exact) mass is 393 g/mol. The number of imidazole rings is 1. The van der Waals surface area contributed by atoms with Crippen molar-refractivity contribution in [3.8, 4) is 11.4 Å². The number of thiophene rings is 1. The smallest absolute Gasteiger partial charge is 0.260 e. The Balaban J connectivity index is 1.62. The van der Waals surface area contributed by atoms with Gasteiger partial charge in [-0.2, -0.15) is 0 Å². The van der Waals surface area contributed by atoms with Crippen LogP contribution in [0.5, 0.6) is 0 Å². The number of aromatic nitrogens is 4. The highest BCUT2D eigenvalue weighted by molar-refractivity contribution is 7.18. The van der Waals surface area contributed by atoms with E-state index in [0.717, 1.165) is 26.7 Å². The van der Waals surface area contributed by atoms with Crippen LogP contribution in [0.3, 0.4) is 0 Å². The molecule has 0 aliphatic rings. The van der Waals surface area contributed by atoms with E-state index in [-0.39, 0.29) is 18.0 Å². The number of carbonyl (C=O) groups excluding carboxylic acids is 1. The van der Waals surface area contributed by atoms with Gasteiger partial charge in [0.25, 0.3) is 5.56 Å². The molecule has 3 heterocycles. The molecule has 1 amide bonds. The third-order valence-electron chi connectivity index (χ3n) is 4.70. The minimum absolute atomic E-state index is 0.146. The molecule has 0 aliphatic carbocycles. The molecular formula is C20H19N5O2S. The molecule has 2 N–H and O–H groups in total. The summed E-state index contributed by atoms with van der Waals surface area (Å²) in [6.45, 7) is 5.95. The van der Waals surface area contributed by atoms with Crippen molar-refractivity contribution in [3.05, 3.63) is 63.3 Å². The summed E-state index contributed by atoms with van der Waals surface area (Å²) < 4.78 is 1.77. The molecule has 0 spiro atoms. The van der Waals surface area contributed by atoms with Crippen LogP contribution in [0.15, 0.2) is 41.5 Å². The SMILES string of the molecule is Cc1sc2nc(-c3cccc(NC(=O)Cn4ccnc4C)c3)[nH]c(=O)c2c1C. The third kappa shape index (κ3) is 3.34. The average Bonchev–Trinajstić information content (AvgIpc) is 3.18. The molecule has 0 saturated heterocycles. The molecule has 8 heteroatoms. The number of rotatable bonds is 4. The molecule has 1 aromatic carbocycles. The van der Waals surface area contributed by atoms with Crippen LogP contribution in [0, 0.1) is 20.8 Å². The molecule has 4 rings (SSSR count). The van der Waals surface area contributed by atoms with Crippen LogP contribution in [0.2, 0.25) is 0 Å². The van der Waals surface area contributed by atoms with Gasteiger partial charge in [-0.15, -0.1) is 11.3 Å². The third-order valence-corrected chi connectivity index (χ3v) is 5.80. The first-order valence-electron chi connectivity index (χ1n) is 8.80. The van der Waals surface area contributed by atoms with Gasteiger partial charge in [-0.3, -0.25) is 9.59 Å². The van der Waals surface area contributed by atoms with Crippen LogP contribution in [0.25, 0.3) is 21.6 Å². The molecule has 4 aromatic rings. The summed E-state index contributed by atoms with van der Waals surface area (Å²) >= 11 is 1.51. The lowest BCUT2D eigenvalue weighted by Gasteiger charge is -2.09. The first-order chi connectivity index (χ1) is 13.4. The van der Waals surface area contributed by atoms with Gasteiger partial charge in [0.1, 0.15) is 23.0 Å². The molecule has 0 saturated carbocycles. The van der Waals surface area contributed by atoms with Crippen LogP contribution in [0.4, 0.5) is 5.69 Å². The number of benzene rings is 1. The fraction of sp³-hybridized carbons (Fsp3) is 0.200. The Labute approximate surface area is 165 Å². The number of nitrogens with one attached hydrogen (secondary N) is 2. The molecule has 0 aliphatic heterocycles. The fourth-order valence-corrected chi connectivity index (χ4v) is 4.09. The van der Waals surface area contributed by atoms with E-state index in [0.29, 0.717) is 16.9 Å². The predicted octanol–water partition coefficient (Wildman–Crippen LogP) is 3.41. The van der Waals surface area contributed by atoms with E-state index < -0.39 is 0 Å². The molecule has 0 unspecified atom stereocenters. The molecule has 0 fully saturated rings. The molecule has 0 radical (unpaired) electrons. The number of H-pyrrole nitrogens is 1. The zero-order chi connectivity index (χ0) is 19.8. The standard InChI is InChI=1S/C20H19N5O2S/c1-11-12(2)28-20-17(11)19(27)23-18(24-20)14-5-4-6-15(9-14)22-16(26)10-25-8-7-21-13(25)3/h4-9H,10H2,1-3H3,(H,22,26)(H,23,24,27). The molecule has 142 valence electrons. The number of hydrogen-bond donors (Lipinski definition) is 2. The summed E-state index contributed by atoms with van der Waals surface area (Å²) in [7, 11) is 0. The number of anilines is 1. The van der Waals surface area contributed by atoms with Crippen LogP contribution >= 0.6 is 11.3 Å². The van der Waals surface area contributed by atoms with Crippen LogP contribution in [-0.4, -0.2) is 25.4 Å². The van der Waals surface area contributed by atoms with Crippen LogP contribution < -0.4 is 10.9 Å². The minimum Gasteiger partial charge on any atom is -0.326 e. The van der Waals surface area contributed by atoms with E-state index in [1.165, 1.54) is 11.3 Å². The predicted molar refractivity (Wildman–Crippen MR) is 111 cm³/mol. The maximum absolute atomic E-state index is 12.5. The molecule has 0 bridgehead atoms. The number of amides is 1. The van der Waals surface area contributed by atoms with Crippen molar-refractivity contribution < 1.29 is 4.79 Å². The zero-order valence-corrected chi connectivity index (χ0v) is 16.6. The summed E-state index contributed by atoms with van der Waals surface area (Å²) in [5, 5.41) is 3.52. The van der Waals surface area contributed by atoms with Crippen molar-refractivity contribution >= 4 is 33.1 Å². The normalized spacial score (nSPS) is 11.1. The molecule has 0 atom stereocenters. The Kier molecular flexibility index (Phi) is 4.56. The second-order valence-electron chi connectivity index (χ2n) is 6.61. The van der Waals surface area contributed by atoms with Crippen molar-refractivity contribution in [1.82, 2.24) is 19.5 Å². The van der Waals surface area contributed by atoms with E-state index in [1.807, 2.05) is 32.9 Å². The van der Waals surface area contributed by atoms with Gasteiger partial charge in [0.15, 0.2) is 0 Å². The molecule has 3 aromatic heterocycles. The Bertz CT molecular complexity index is 1250. The van der Waals surface area contributed by atoms with Gasteiger partial charge in [-0.05, 0) is 38.5 Å². The minimum atomic E-state index is -0.153. The number of aromatic amines is 1. The Morgan fingerprint density at radius 2 is 2.11 bits per heavy atom. The highest BCUT2D eigenvalue weighted by atomic mass is 32.1. The lowest BCUT2D eigenvalue weighted by atomic mass is 10.1. The highest BCUT2D eigenvalue weighted by Crippen LogP contribution is 2.28. The second-order valence-corrected chi connectivity index (χ2v) is 7.81. The van der Waals surface area contributed by atoms with E-state index >= 15 is 0 Å². The zero-order valence-electron chi connectivity index (χ0n) is 15.7. The number of nitrogens with zero attached hydrogens (tertiary/aromatic N) is 3. The Morgan fingerprint density at radius 1 is 1.29 bits per heavy atom. The number of hydrogen-bond acceptors (Lipinski definition) is 5. The highest BCUT2D eigenvalue weighted by Gasteiger charge is 2.13. The average molecular weight is 393 g/mol. The van der Waals surface area contributed by atoms with Gasteiger partial charge in [0, 0.05) is 28.5 Å². The van der Waals surface area contributed by atoms with Gasteiger partial charge >= 0.3 is 0 Å². The number of fused-ring (bicyclic) bond motifs is 1. The number of carbonyl (C=O) groups is 1. The van der Waals surface area contributed by atoms with E-state index in [9.17, 15) is 9.59 Å². The molecule has 7 nitrogen and oxygen atoms in total. The summed E-state index contributed by atoms with van der Waals surface area (Å²) in [5.41, 5.74) is 2.20. The summed E-state index contributed by atoms with van der Waals surface area (Å²) in [4.78, 5) is 38.2. The van der Waals surface area contributed by atoms with Crippen molar-refractivity contribution in [2.75, 3.05) is 5.32 Å². The summed E-state index contributed by atoms with van der Waals surface area (Å²) in [5.74, 6) is 1.11. The maximum Gasteiger partial charge on any atom is 0.260 e. The Hall–Kier alpha value is -3.26. The topological polar surface area (TPSA) is 92.7 Å². The van der Waals surface area contributed by atoms with Crippen molar-refractivity contribution in [2.45, 2.75) is 27.3 Å². The maximum atomic E-state index is 12.5. The quantitative estimate of drug-likeness (QED) is 0.556. The van der Waals surface area contributed by atoms with Crippen molar-refractivity contribution in [2.24, 2.45) is 0 Å². The van der Waals surface area contributed by atoms with Gasteiger partial charge in [0.05, 0.1) is 5.39 Å². The van der Waals surface area contributed by atoms with Gasteiger partial charge in [-0.1, -0.05) is 12.1 Å². The van der Waals surface area contributed by atoms with Crippen LogP contribution in [-0.2, 0) is 11.3 Å². The molecule has 28 heavy (non-hydrogen) atoms. The summed E-state index contributed by atoms with van der Waals surface area (Å²) in [6.07, 6.45) is 3.43. The van der Waals surface area contributed by atoms with E-state index in [1.54, 1.807) is 29.1 Å².